The average molecular weight is 222 g/mol. The summed E-state index contributed by atoms with van der Waals surface area (Å²) in [6.07, 6.45) is 5.57. The molecule has 90 valence electrons. The molecular weight excluding hydrogens is 200 g/mol. The lowest BCUT2D eigenvalue weighted by Crippen LogP contribution is -2.35. The molecule has 0 spiro atoms. The van der Waals surface area contributed by atoms with Crippen molar-refractivity contribution >= 4 is 0 Å². The predicted molar refractivity (Wildman–Crippen MR) is 65.0 cm³/mol. The number of likely N-dealkylation sites (tertiary alicyclic amines) is 1. The van der Waals surface area contributed by atoms with Gasteiger partial charge in [-0.25, -0.2) is 0 Å². The Morgan fingerprint density at radius 1 is 1.56 bits per heavy atom. The highest BCUT2D eigenvalue weighted by Crippen LogP contribution is 2.19. The van der Waals surface area contributed by atoms with E-state index in [2.05, 4.69) is 27.7 Å². The summed E-state index contributed by atoms with van der Waals surface area (Å²) in [6.45, 7) is 6.16. The first-order valence-corrected chi connectivity index (χ1v) is 6.30. The number of rotatable bonds is 5. The smallest absolute Gasteiger partial charge is 0.0524 e. The van der Waals surface area contributed by atoms with Crippen molar-refractivity contribution in [3.63, 3.8) is 0 Å². The number of hydrogen-bond donors (Lipinski definition) is 1. The van der Waals surface area contributed by atoms with Crippen molar-refractivity contribution in [3.05, 3.63) is 18.0 Å². The largest absolute Gasteiger partial charge is 0.329 e. The van der Waals surface area contributed by atoms with Crippen LogP contribution >= 0.6 is 0 Å². The van der Waals surface area contributed by atoms with Crippen LogP contribution in [0.3, 0.4) is 0 Å². The van der Waals surface area contributed by atoms with Crippen LogP contribution in [0.4, 0.5) is 0 Å². The maximum atomic E-state index is 5.79. The summed E-state index contributed by atoms with van der Waals surface area (Å²) in [6, 6.07) is 2.70. The first-order chi connectivity index (χ1) is 7.85. The molecule has 4 heteroatoms. The van der Waals surface area contributed by atoms with Gasteiger partial charge in [-0.15, -0.1) is 0 Å². The molecule has 2 N–H and O–H groups in total. The monoisotopic (exact) mass is 222 g/mol. The Balaban J connectivity index is 1.99. The van der Waals surface area contributed by atoms with Crippen molar-refractivity contribution in [3.8, 4) is 0 Å². The summed E-state index contributed by atoms with van der Waals surface area (Å²) in [5.41, 5.74) is 7.11. The molecule has 0 bridgehead atoms. The van der Waals surface area contributed by atoms with Gasteiger partial charge in [0.15, 0.2) is 0 Å². The second-order valence-corrected chi connectivity index (χ2v) is 4.55. The minimum Gasteiger partial charge on any atom is -0.329 e. The van der Waals surface area contributed by atoms with E-state index in [-0.39, 0.29) is 0 Å². The lowest BCUT2D eigenvalue weighted by atomic mass is 10.2. The summed E-state index contributed by atoms with van der Waals surface area (Å²) in [4.78, 5) is 2.49. The van der Waals surface area contributed by atoms with Crippen molar-refractivity contribution in [2.24, 2.45) is 5.73 Å². The van der Waals surface area contributed by atoms with Gasteiger partial charge in [0.05, 0.1) is 5.69 Å². The van der Waals surface area contributed by atoms with Gasteiger partial charge in [0.1, 0.15) is 0 Å². The van der Waals surface area contributed by atoms with E-state index in [0.29, 0.717) is 6.04 Å². The van der Waals surface area contributed by atoms with Crippen LogP contribution in [0.5, 0.6) is 0 Å². The van der Waals surface area contributed by atoms with Gasteiger partial charge >= 0.3 is 0 Å². The Labute approximate surface area is 97.4 Å². The van der Waals surface area contributed by atoms with Crippen LogP contribution in [0.15, 0.2) is 12.3 Å². The Hall–Kier alpha value is -0.870. The minimum atomic E-state index is 0.574. The molecule has 0 saturated carbocycles. The topological polar surface area (TPSA) is 47.1 Å². The zero-order valence-corrected chi connectivity index (χ0v) is 10.1. The van der Waals surface area contributed by atoms with Crippen LogP contribution in [0, 0.1) is 0 Å². The van der Waals surface area contributed by atoms with Gasteiger partial charge in [0, 0.05) is 31.9 Å². The second-order valence-electron chi connectivity index (χ2n) is 4.55. The molecule has 16 heavy (non-hydrogen) atoms. The van der Waals surface area contributed by atoms with Crippen LogP contribution in [-0.2, 0) is 13.1 Å². The standard InChI is InChI=1S/C12H22N4/c1-2-7-16-12(5-6-14-16)10-15-8-3-4-11(15)9-13/h5-6,11H,2-4,7-10,13H2,1H3. The fourth-order valence-electron chi connectivity index (χ4n) is 2.49. The Morgan fingerprint density at radius 3 is 3.19 bits per heavy atom. The van der Waals surface area contributed by atoms with Gasteiger partial charge in [0.25, 0.3) is 0 Å². The molecule has 4 nitrogen and oxygen atoms in total. The number of aryl methyl sites for hydroxylation is 1. The lowest BCUT2D eigenvalue weighted by Gasteiger charge is -2.23. The zero-order valence-electron chi connectivity index (χ0n) is 10.1. The third kappa shape index (κ3) is 2.44. The molecule has 0 aromatic carbocycles. The minimum absolute atomic E-state index is 0.574. The third-order valence-electron chi connectivity index (χ3n) is 3.38. The molecule has 1 aliphatic rings. The molecule has 0 radical (unpaired) electrons. The zero-order chi connectivity index (χ0) is 11.4. The fraction of sp³-hybridized carbons (Fsp3) is 0.750. The quantitative estimate of drug-likeness (QED) is 0.814. The van der Waals surface area contributed by atoms with E-state index >= 15 is 0 Å². The summed E-state index contributed by atoms with van der Waals surface area (Å²) in [7, 11) is 0. The van der Waals surface area contributed by atoms with Crippen LogP contribution < -0.4 is 5.73 Å². The van der Waals surface area contributed by atoms with E-state index in [4.69, 9.17) is 5.73 Å². The lowest BCUT2D eigenvalue weighted by molar-refractivity contribution is 0.242. The molecule has 2 heterocycles. The van der Waals surface area contributed by atoms with E-state index < -0.39 is 0 Å². The van der Waals surface area contributed by atoms with Gasteiger partial charge in [-0.05, 0) is 31.9 Å². The van der Waals surface area contributed by atoms with E-state index in [9.17, 15) is 0 Å². The van der Waals surface area contributed by atoms with Gasteiger partial charge in [0.2, 0.25) is 0 Å². The number of aromatic nitrogens is 2. The SMILES string of the molecule is CCCn1nccc1CN1CCCC1CN. The van der Waals surface area contributed by atoms with Gasteiger partial charge in [-0.3, -0.25) is 9.58 Å². The van der Waals surface area contributed by atoms with E-state index in [1.54, 1.807) is 0 Å². The Bertz CT molecular complexity index is 321. The van der Waals surface area contributed by atoms with Crippen molar-refractivity contribution < 1.29 is 0 Å². The summed E-state index contributed by atoms with van der Waals surface area (Å²) in [5.74, 6) is 0. The highest BCUT2D eigenvalue weighted by molar-refractivity contribution is 5.01. The second kappa shape index (κ2) is 5.46. The van der Waals surface area contributed by atoms with Crippen LogP contribution in [0.25, 0.3) is 0 Å². The maximum Gasteiger partial charge on any atom is 0.0524 e. The molecule has 1 atom stereocenters. The van der Waals surface area contributed by atoms with Crippen LogP contribution in [0.1, 0.15) is 31.9 Å². The van der Waals surface area contributed by atoms with Gasteiger partial charge < -0.3 is 5.73 Å². The van der Waals surface area contributed by atoms with E-state index in [1.807, 2.05) is 6.20 Å². The molecule has 1 fully saturated rings. The molecule has 0 aliphatic carbocycles. The number of hydrogen-bond acceptors (Lipinski definition) is 3. The first kappa shape index (κ1) is 11.6. The third-order valence-corrected chi connectivity index (χ3v) is 3.38. The van der Waals surface area contributed by atoms with Crippen molar-refractivity contribution in [2.75, 3.05) is 13.1 Å². The first-order valence-electron chi connectivity index (χ1n) is 6.30. The maximum absolute atomic E-state index is 5.79. The molecule has 1 aromatic heterocycles. The van der Waals surface area contributed by atoms with Crippen molar-refractivity contribution in [1.29, 1.82) is 0 Å². The van der Waals surface area contributed by atoms with Crippen LogP contribution in [-0.4, -0.2) is 33.8 Å². The molecule has 0 amide bonds. The molecule has 2 rings (SSSR count). The van der Waals surface area contributed by atoms with Gasteiger partial charge in [-0.2, -0.15) is 5.10 Å². The normalized spacial score (nSPS) is 21.8. The van der Waals surface area contributed by atoms with E-state index in [0.717, 1.165) is 26.1 Å². The molecular formula is C12H22N4. The van der Waals surface area contributed by atoms with Crippen molar-refractivity contribution in [1.82, 2.24) is 14.7 Å². The molecule has 1 aromatic rings. The summed E-state index contributed by atoms with van der Waals surface area (Å²) in [5, 5.41) is 4.36. The van der Waals surface area contributed by atoms with Crippen molar-refractivity contribution in [2.45, 2.75) is 45.3 Å². The van der Waals surface area contributed by atoms with Crippen LogP contribution in [0.2, 0.25) is 0 Å². The fourth-order valence-corrected chi connectivity index (χ4v) is 2.49. The average Bonchev–Trinajstić information content (AvgIpc) is 2.89. The molecule has 1 aliphatic heterocycles. The molecule has 1 unspecified atom stereocenters. The van der Waals surface area contributed by atoms with Gasteiger partial charge in [-0.1, -0.05) is 6.92 Å². The highest BCUT2D eigenvalue weighted by atomic mass is 15.3. The highest BCUT2D eigenvalue weighted by Gasteiger charge is 2.23. The Morgan fingerprint density at radius 2 is 2.44 bits per heavy atom. The van der Waals surface area contributed by atoms with E-state index in [1.165, 1.54) is 25.1 Å². The number of nitrogens with two attached hydrogens (primary N) is 1. The summed E-state index contributed by atoms with van der Waals surface area (Å²) >= 11 is 0. The predicted octanol–water partition coefficient (Wildman–Crippen LogP) is 1.22. The Kier molecular flexibility index (Phi) is 3.96. The molecule has 1 saturated heterocycles. The summed E-state index contributed by atoms with van der Waals surface area (Å²) < 4.78 is 2.12. The number of nitrogens with zero attached hydrogens (tertiary/aromatic N) is 3.